The second-order valence-electron chi connectivity index (χ2n) is 12.9. The summed E-state index contributed by atoms with van der Waals surface area (Å²) in [4.78, 5) is 32.9. The van der Waals surface area contributed by atoms with Gasteiger partial charge in [-0.3, -0.25) is 9.36 Å². The highest BCUT2D eigenvalue weighted by Crippen LogP contribution is 2.40. The maximum absolute atomic E-state index is 14.2. The van der Waals surface area contributed by atoms with E-state index in [-0.39, 0.29) is 33.8 Å². The molecule has 224 valence electrons. The number of carbonyl (C=O) groups is 1. The van der Waals surface area contributed by atoms with Crippen LogP contribution in [0.3, 0.4) is 0 Å². The van der Waals surface area contributed by atoms with Crippen molar-refractivity contribution >= 4 is 39.3 Å². The number of fused-ring (bicyclic) bond motifs is 1. The summed E-state index contributed by atoms with van der Waals surface area (Å²) in [7, 11) is 1.56. The lowest BCUT2D eigenvalue weighted by atomic mass is 9.78. The molecule has 0 saturated heterocycles. The number of benzene rings is 2. The summed E-state index contributed by atoms with van der Waals surface area (Å²) in [6, 6.07) is 8.57. The third kappa shape index (κ3) is 6.13. The highest BCUT2D eigenvalue weighted by atomic mass is 79.9. The lowest BCUT2D eigenvalue weighted by Gasteiger charge is -2.27. The number of halogens is 1. The van der Waals surface area contributed by atoms with E-state index in [1.165, 1.54) is 11.3 Å². The Hall–Kier alpha value is -3.17. The number of aromatic hydroxyl groups is 1. The summed E-state index contributed by atoms with van der Waals surface area (Å²) in [5.74, 6) is 0.278. The van der Waals surface area contributed by atoms with Crippen molar-refractivity contribution in [3.8, 4) is 11.5 Å². The van der Waals surface area contributed by atoms with E-state index in [2.05, 4.69) is 57.5 Å². The molecule has 1 N–H and O–H groups in total. The number of rotatable bonds is 5. The summed E-state index contributed by atoms with van der Waals surface area (Å²) in [6.45, 7) is 17.7. The van der Waals surface area contributed by atoms with Crippen LogP contribution in [0.25, 0.3) is 6.08 Å². The molecule has 4 rings (SSSR count). The maximum Gasteiger partial charge on any atom is 0.338 e. The summed E-state index contributed by atoms with van der Waals surface area (Å²) in [5, 5.41) is 11.2. The average Bonchev–Trinajstić information content (AvgIpc) is 3.16. The predicted molar refractivity (Wildman–Crippen MR) is 171 cm³/mol. The Balaban J connectivity index is 2.04. The Labute approximate surface area is 259 Å². The normalized spacial score (nSPS) is 16.0. The topological polar surface area (TPSA) is 90.1 Å². The molecule has 42 heavy (non-hydrogen) atoms. The minimum absolute atomic E-state index is 0.277. The van der Waals surface area contributed by atoms with Gasteiger partial charge >= 0.3 is 5.97 Å². The van der Waals surface area contributed by atoms with Crippen LogP contribution in [0.5, 0.6) is 11.5 Å². The van der Waals surface area contributed by atoms with Crippen molar-refractivity contribution < 1.29 is 19.4 Å². The Kier molecular flexibility index (Phi) is 8.69. The van der Waals surface area contributed by atoms with Gasteiger partial charge in [-0.1, -0.05) is 68.8 Å². The lowest BCUT2D eigenvalue weighted by Crippen LogP contribution is -2.40. The number of ether oxygens (including phenoxy) is 2. The molecule has 0 unspecified atom stereocenters. The highest BCUT2D eigenvalue weighted by Gasteiger charge is 2.36. The van der Waals surface area contributed by atoms with Gasteiger partial charge in [0, 0.05) is 21.2 Å². The highest BCUT2D eigenvalue weighted by molar-refractivity contribution is 9.10. The fourth-order valence-electron chi connectivity index (χ4n) is 5.11. The molecular formula is C33H39BrN2O5S. The molecule has 1 aromatic heterocycles. The van der Waals surface area contributed by atoms with Crippen LogP contribution in [0.15, 0.2) is 55.9 Å². The second kappa shape index (κ2) is 11.5. The van der Waals surface area contributed by atoms with E-state index in [1.807, 2.05) is 30.3 Å². The van der Waals surface area contributed by atoms with Crippen LogP contribution >= 0.6 is 27.3 Å². The van der Waals surface area contributed by atoms with Crippen LogP contribution in [0.2, 0.25) is 0 Å². The first-order valence-corrected chi connectivity index (χ1v) is 15.5. The zero-order chi connectivity index (χ0) is 31.3. The molecule has 1 aliphatic rings. The van der Waals surface area contributed by atoms with Gasteiger partial charge in [-0.25, -0.2) is 9.79 Å². The van der Waals surface area contributed by atoms with Crippen LogP contribution < -0.4 is 19.6 Å². The van der Waals surface area contributed by atoms with E-state index >= 15 is 0 Å². The molecule has 2 aromatic carbocycles. The Morgan fingerprint density at radius 1 is 1.10 bits per heavy atom. The van der Waals surface area contributed by atoms with Gasteiger partial charge in [0.25, 0.3) is 5.56 Å². The van der Waals surface area contributed by atoms with Gasteiger partial charge in [-0.2, -0.15) is 0 Å². The third-order valence-electron chi connectivity index (χ3n) is 7.12. The van der Waals surface area contributed by atoms with Crippen molar-refractivity contribution in [3.63, 3.8) is 0 Å². The van der Waals surface area contributed by atoms with Gasteiger partial charge in [0.05, 0.1) is 29.0 Å². The van der Waals surface area contributed by atoms with Crippen molar-refractivity contribution in [1.29, 1.82) is 0 Å². The number of hydrogen-bond donors (Lipinski definition) is 1. The molecule has 1 atom stereocenters. The van der Waals surface area contributed by atoms with Gasteiger partial charge in [-0.05, 0) is 73.6 Å². The van der Waals surface area contributed by atoms with Crippen LogP contribution in [0.4, 0.5) is 0 Å². The SMILES string of the molecule is COc1ccc(Br)cc1[C@@H]1C(C(=O)OC(C)C)=C(C)N=c2s/c(=C\c3cc(C(C)(C)C)c(O)c(C(C)(C)C)c3)c(=O)n21. The van der Waals surface area contributed by atoms with Crippen molar-refractivity contribution in [2.24, 2.45) is 4.99 Å². The van der Waals surface area contributed by atoms with Gasteiger partial charge < -0.3 is 14.6 Å². The monoisotopic (exact) mass is 654 g/mol. The number of aromatic nitrogens is 1. The molecule has 1 aliphatic heterocycles. The fraction of sp³-hybridized carbons (Fsp3) is 0.424. The molecule has 9 heteroatoms. The van der Waals surface area contributed by atoms with Crippen molar-refractivity contribution in [2.75, 3.05) is 7.11 Å². The van der Waals surface area contributed by atoms with Gasteiger partial charge in [0.1, 0.15) is 17.5 Å². The summed E-state index contributed by atoms with van der Waals surface area (Å²) in [6.07, 6.45) is 1.49. The molecule has 7 nitrogen and oxygen atoms in total. The van der Waals surface area contributed by atoms with E-state index in [1.54, 1.807) is 38.5 Å². The second-order valence-corrected chi connectivity index (χ2v) is 14.8. The molecule has 3 aromatic rings. The number of phenolic OH excluding ortho intramolecular Hbond substituents is 1. The molecule has 0 amide bonds. The number of carbonyl (C=O) groups excluding carboxylic acids is 1. The van der Waals surface area contributed by atoms with E-state index in [0.717, 1.165) is 21.2 Å². The third-order valence-corrected chi connectivity index (χ3v) is 8.59. The number of thiazole rings is 1. The molecular weight excluding hydrogens is 616 g/mol. The Morgan fingerprint density at radius 2 is 1.69 bits per heavy atom. The minimum atomic E-state index is -0.808. The average molecular weight is 656 g/mol. The van der Waals surface area contributed by atoms with Crippen molar-refractivity contribution in [1.82, 2.24) is 4.57 Å². The Morgan fingerprint density at radius 3 is 2.21 bits per heavy atom. The standard InChI is InChI=1S/C33H39BrN2O5S/c1-17(2)41-30(39)26-18(3)35-31-36(27(26)21-16-20(34)11-12-24(21)40-10)29(38)25(42-31)15-19-13-22(32(4,5)6)28(37)23(14-19)33(7,8)9/h11-17,27,37H,1-10H3/b25-15-/t27-/m1/s1. The Bertz CT molecular complexity index is 1730. The molecule has 0 aliphatic carbocycles. The predicted octanol–water partition coefficient (Wildman–Crippen LogP) is 6.26. The number of allylic oxidation sites excluding steroid dienone is 1. The quantitative estimate of drug-likeness (QED) is 0.328. The maximum atomic E-state index is 14.2. The van der Waals surface area contributed by atoms with Gasteiger partial charge in [0.15, 0.2) is 4.80 Å². The van der Waals surface area contributed by atoms with E-state index in [0.29, 0.717) is 26.3 Å². The summed E-state index contributed by atoms with van der Waals surface area (Å²) >= 11 is 4.80. The van der Waals surface area contributed by atoms with Crippen molar-refractivity contribution in [3.05, 3.63) is 88.0 Å². The molecule has 0 saturated carbocycles. The first-order valence-electron chi connectivity index (χ1n) is 13.9. The van der Waals surface area contributed by atoms with Crippen LogP contribution in [0.1, 0.15) is 90.6 Å². The van der Waals surface area contributed by atoms with Crippen molar-refractivity contribution in [2.45, 2.75) is 85.3 Å². The number of methoxy groups -OCH3 is 1. The number of hydrogen-bond acceptors (Lipinski definition) is 7. The molecule has 0 fully saturated rings. The molecule has 2 heterocycles. The van der Waals surface area contributed by atoms with E-state index in [9.17, 15) is 14.7 Å². The van der Waals surface area contributed by atoms with Gasteiger partial charge in [0.2, 0.25) is 0 Å². The van der Waals surface area contributed by atoms with Crippen LogP contribution in [-0.2, 0) is 20.4 Å². The molecule has 0 bridgehead atoms. The lowest BCUT2D eigenvalue weighted by molar-refractivity contribution is -0.143. The molecule has 0 spiro atoms. The van der Waals surface area contributed by atoms with Crippen LogP contribution in [-0.4, -0.2) is 28.9 Å². The van der Waals surface area contributed by atoms with E-state index in [4.69, 9.17) is 14.5 Å². The van der Waals surface area contributed by atoms with Gasteiger partial charge in [-0.15, -0.1) is 0 Å². The summed E-state index contributed by atoms with van der Waals surface area (Å²) in [5.41, 5.74) is 2.91. The number of phenols is 1. The van der Waals surface area contributed by atoms with Crippen LogP contribution in [0, 0.1) is 0 Å². The smallest absolute Gasteiger partial charge is 0.338 e. The zero-order valence-corrected chi connectivity index (χ0v) is 28.3. The number of nitrogens with zero attached hydrogens (tertiary/aromatic N) is 2. The van der Waals surface area contributed by atoms with E-state index < -0.39 is 12.0 Å². The first kappa shape index (κ1) is 31.8. The minimum Gasteiger partial charge on any atom is -0.507 e. The first-order chi connectivity index (χ1) is 19.4. The zero-order valence-electron chi connectivity index (χ0n) is 25.9. The molecule has 0 radical (unpaired) electrons. The fourth-order valence-corrected chi connectivity index (χ4v) is 6.53. The summed E-state index contributed by atoms with van der Waals surface area (Å²) < 4.78 is 14.1. The largest absolute Gasteiger partial charge is 0.507 e. The number of esters is 1.